The number of methoxy groups -OCH3 is 2. The lowest BCUT2D eigenvalue weighted by Crippen LogP contribution is -1.84. The molecule has 43 heavy (non-hydrogen) atoms. The van der Waals surface area contributed by atoms with Crippen LogP contribution in [0.1, 0.15) is 11.1 Å². The molecule has 0 aliphatic heterocycles. The average molecular weight is 653 g/mol. The molecule has 0 aliphatic carbocycles. The van der Waals surface area contributed by atoms with Gasteiger partial charge in [-0.2, -0.15) is 10.5 Å². The van der Waals surface area contributed by atoms with Gasteiger partial charge in [-0.25, -0.2) is 10.3 Å². The van der Waals surface area contributed by atoms with Crippen molar-refractivity contribution in [2.75, 3.05) is 14.2 Å². The normalized spacial score (nSPS) is 11.3. The summed E-state index contributed by atoms with van der Waals surface area (Å²) in [6, 6.07) is 13.3. The van der Waals surface area contributed by atoms with Crippen molar-refractivity contribution in [2.45, 2.75) is 13.8 Å². The zero-order valence-electron chi connectivity index (χ0n) is 22.9. The van der Waals surface area contributed by atoms with Gasteiger partial charge in [0.1, 0.15) is 34.7 Å². The molecule has 0 saturated carbocycles. The Labute approximate surface area is 265 Å². The van der Waals surface area contributed by atoms with Gasteiger partial charge in [-0.15, -0.1) is 45.3 Å². The molecule has 0 spiro atoms. The zero-order chi connectivity index (χ0) is 30.4. The largest absolute Gasteiger partial charge is 0.495 e. The lowest BCUT2D eigenvalue weighted by Gasteiger charge is -2.04. The molecular weight excluding hydrogens is 637 g/mol. The van der Waals surface area contributed by atoms with Gasteiger partial charge in [0.15, 0.2) is 0 Å². The summed E-state index contributed by atoms with van der Waals surface area (Å²) >= 11 is 7.95. The van der Waals surface area contributed by atoms with Crippen molar-refractivity contribution in [2.24, 2.45) is 9.98 Å². The predicted octanol–water partition coefficient (Wildman–Crippen LogP) is 10.0. The van der Waals surface area contributed by atoms with Gasteiger partial charge in [0.2, 0.25) is 10.7 Å². The van der Waals surface area contributed by atoms with Crippen LogP contribution >= 0.6 is 56.7 Å². The van der Waals surface area contributed by atoms with Crippen LogP contribution in [-0.4, -0.2) is 25.8 Å². The van der Waals surface area contributed by atoms with Gasteiger partial charge in [-0.1, -0.05) is 22.9 Å². The quantitative estimate of drug-likeness (QED) is 0.101. The van der Waals surface area contributed by atoms with Crippen LogP contribution in [0.4, 0.5) is 10.0 Å². The maximum Gasteiger partial charge on any atom is 0.350 e. The smallest absolute Gasteiger partial charge is 0.350 e. The Hall–Kier alpha value is -4.60. The Bertz CT molecular complexity index is 2320. The lowest BCUT2D eigenvalue weighted by molar-refractivity contribution is 0.418. The van der Waals surface area contributed by atoms with E-state index in [1.54, 1.807) is 60.4 Å². The molecule has 5 heterocycles. The van der Waals surface area contributed by atoms with Crippen molar-refractivity contribution in [3.05, 3.63) is 46.8 Å². The number of nitrogens with zero attached hydrogens (tertiary/aromatic N) is 6. The Balaban J connectivity index is 1.49. The molecule has 8 nitrogen and oxygen atoms in total. The number of nitriles is 3. The molecule has 0 fully saturated rings. The standard InChI is InChI=1S/C30H16N6O2S5/c1-13-16-6-19(28-17(37-4)7-23(42-28)35-15(10-31)11-32)39-26(16)14(2)25-27(13)40-21-9-20(41-30(21)25)29-18(38-5)8-24(43-29)36-22(12-33)34-3/h6-9H,1-2,4-5H3. The van der Waals surface area contributed by atoms with Crippen LogP contribution in [0.3, 0.4) is 0 Å². The van der Waals surface area contributed by atoms with Crippen LogP contribution < -0.4 is 9.47 Å². The number of ether oxygens (including phenoxy) is 2. The number of hydrogen-bond acceptors (Lipinski definition) is 12. The summed E-state index contributed by atoms with van der Waals surface area (Å²) in [7, 11) is 3.21. The van der Waals surface area contributed by atoms with Crippen molar-refractivity contribution >= 4 is 108 Å². The first-order chi connectivity index (χ1) is 20.8. The monoisotopic (exact) mass is 652 g/mol. The highest BCUT2D eigenvalue weighted by Gasteiger charge is 2.23. The SMILES string of the molecule is [C-]#[N+]C(C#N)=Nc1cc(OC)c(-c2cc3sc4c(C)c5cc(-c6sc(N=C(C#N)C#N)cc6OC)sc5c(C)c4c3s2)s1. The van der Waals surface area contributed by atoms with Crippen LogP contribution in [0.15, 0.2) is 34.3 Å². The molecule has 0 saturated heterocycles. The van der Waals surface area contributed by atoms with Gasteiger partial charge in [-0.3, -0.25) is 0 Å². The fourth-order valence-corrected chi connectivity index (χ4v) is 10.9. The van der Waals surface area contributed by atoms with Crippen LogP contribution in [0, 0.1) is 54.4 Å². The number of benzene rings is 1. The van der Waals surface area contributed by atoms with Gasteiger partial charge in [0.25, 0.3) is 0 Å². The van der Waals surface area contributed by atoms with Crippen molar-refractivity contribution in [3.63, 3.8) is 0 Å². The van der Waals surface area contributed by atoms with E-state index in [1.165, 1.54) is 63.4 Å². The van der Waals surface area contributed by atoms with Crippen molar-refractivity contribution in [1.29, 1.82) is 15.8 Å². The molecule has 1 aromatic carbocycles. The Kier molecular flexibility index (Phi) is 7.45. The van der Waals surface area contributed by atoms with E-state index in [0.29, 0.717) is 21.5 Å². The van der Waals surface area contributed by atoms with E-state index in [9.17, 15) is 0 Å². The van der Waals surface area contributed by atoms with E-state index < -0.39 is 0 Å². The number of fused-ring (bicyclic) bond motifs is 4. The van der Waals surface area contributed by atoms with Crippen molar-refractivity contribution < 1.29 is 9.47 Å². The molecule has 0 atom stereocenters. The summed E-state index contributed by atoms with van der Waals surface area (Å²) in [6.45, 7) is 11.5. The van der Waals surface area contributed by atoms with Gasteiger partial charge >= 0.3 is 5.84 Å². The molecule has 0 N–H and O–H groups in total. The minimum atomic E-state index is -0.211. The highest BCUT2D eigenvalue weighted by Crippen LogP contribution is 2.53. The lowest BCUT2D eigenvalue weighted by atomic mass is 10.0. The molecule has 0 amide bonds. The maximum absolute atomic E-state index is 9.13. The summed E-state index contributed by atoms with van der Waals surface area (Å²) in [6.07, 6.45) is 0. The molecule has 13 heteroatoms. The van der Waals surface area contributed by atoms with E-state index in [-0.39, 0.29) is 11.5 Å². The molecular formula is C30H16N6O2S5. The minimum absolute atomic E-state index is 0.197. The Morgan fingerprint density at radius 2 is 1.35 bits per heavy atom. The van der Waals surface area contributed by atoms with Crippen LogP contribution in [0.5, 0.6) is 11.5 Å². The van der Waals surface area contributed by atoms with Gasteiger partial charge < -0.3 is 14.3 Å². The number of hydrogen-bond donors (Lipinski definition) is 0. The van der Waals surface area contributed by atoms with E-state index in [1.807, 2.05) is 18.2 Å². The topological polar surface area (TPSA) is 119 Å². The van der Waals surface area contributed by atoms with E-state index in [0.717, 1.165) is 19.5 Å². The summed E-state index contributed by atoms with van der Waals surface area (Å²) in [5.41, 5.74) is 2.22. The molecule has 6 aromatic rings. The Morgan fingerprint density at radius 3 is 1.93 bits per heavy atom. The van der Waals surface area contributed by atoms with Crippen molar-refractivity contribution in [3.8, 4) is 49.2 Å². The van der Waals surface area contributed by atoms with E-state index in [2.05, 4.69) is 40.8 Å². The van der Waals surface area contributed by atoms with Crippen LogP contribution in [0.2, 0.25) is 0 Å². The highest BCUT2D eigenvalue weighted by molar-refractivity contribution is 7.35. The summed E-state index contributed by atoms with van der Waals surface area (Å²) < 4.78 is 16.1. The molecule has 5 aromatic heterocycles. The second kappa shape index (κ2) is 11.2. The molecule has 0 unspecified atom stereocenters. The molecule has 0 radical (unpaired) electrons. The third-order valence-corrected chi connectivity index (χ3v) is 12.8. The first-order valence-electron chi connectivity index (χ1n) is 12.3. The first kappa shape index (κ1) is 28.5. The van der Waals surface area contributed by atoms with E-state index in [4.69, 9.17) is 31.8 Å². The fourth-order valence-electron chi connectivity index (χ4n) is 4.75. The van der Waals surface area contributed by atoms with Gasteiger partial charge in [0.05, 0.1) is 33.6 Å². The number of thiophene rings is 5. The van der Waals surface area contributed by atoms with E-state index >= 15 is 0 Å². The Morgan fingerprint density at radius 1 is 0.744 bits per heavy atom. The number of rotatable bonds is 6. The fraction of sp³-hybridized carbons (Fsp3) is 0.133. The van der Waals surface area contributed by atoms with Crippen LogP contribution in [-0.2, 0) is 0 Å². The average Bonchev–Trinajstić information content (AvgIpc) is 3.83. The first-order valence-corrected chi connectivity index (χ1v) is 16.4. The highest BCUT2D eigenvalue weighted by atomic mass is 32.1. The second-order valence-corrected chi connectivity index (χ2v) is 14.2. The van der Waals surface area contributed by atoms with Gasteiger partial charge in [-0.05, 0) is 42.5 Å². The summed E-state index contributed by atoms with van der Waals surface area (Å²) in [4.78, 5) is 15.4. The number of amidine groups is 1. The predicted molar refractivity (Wildman–Crippen MR) is 179 cm³/mol. The minimum Gasteiger partial charge on any atom is -0.495 e. The number of aryl methyl sites for hydroxylation is 2. The summed E-state index contributed by atoms with van der Waals surface area (Å²) in [5, 5.41) is 30.9. The van der Waals surface area contributed by atoms with Gasteiger partial charge in [0, 0.05) is 36.5 Å². The third-order valence-electron chi connectivity index (χ3n) is 6.67. The molecule has 6 rings (SSSR count). The van der Waals surface area contributed by atoms with Crippen LogP contribution in [0.25, 0.3) is 53.9 Å². The zero-order valence-corrected chi connectivity index (χ0v) is 26.9. The second-order valence-electron chi connectivity index (χ2n) is 9.02. The third kappa shape index (κ3) is 4.74. The number of aliphatic imine (C=N–C) groups is 2. The maximum atomic E-state index is 9.13. The summed E-state index contributed by atoms with van der Waals surface area (Å²) in [5.74, 6) is 1.10. The molecule has 0 bridgehead atoms. The van der Waals surface area contributed by atoms with Crippen molar-refractivity contribution in [1.82, 2.24) is 0 Å². The molecule has 0 aliphatic rings. The molecule has 208 valence electrons.